The van der Waals surface area contributed by atoms with E-state index in [0.29, 0.717) is 15.9 Å². The van der Waals surface area contributed by atoms with Crippen LogP contribution in [-0.2, 0) is 16.6 Å². The Bertz CT molecular complexity index is 1200. The van der Waals surface area contributed by atoms with Crippen molar-refractivity contribution in [2.45, 2.75) is 13.8 Å². The van der Waals surface area contributed by atoms with Gasteiger partial charge in [0.15, 0.2) is 5.75 Å². The van der Waals surface area contributed by atoms with E-state index < -0.39 is 28.9 Å². The lowest BCUT2D eigenvalue weighted by molar-refractivity contribution is -0.131. The van der Waals surface area contributed by atoms with E-state index in [1.54, 1.807) is 42.5 Å². The summed E-state index contributed by atoms with van der Waals surface area (Å²) in [4.78, 5) is 51.3. The number of hydrogen-bond acceptors (Lipinski definition) is 5. The summed E-state index contributed by atoms with van der Waals surface area (Å²) in [6.45, 7) is 2.36. The van der Waals surface area contributed by atoms with Crippen LogP contribution in [0.25, 0.3) is 10.9 Å². The Labute approximate surface area is 171 Å². The van der Waals surface area contributed by atoms with Crippen molar-refractivity contribution >= 4 is 46.0 Å². The van der Waals surface area contributed by atoms with Gasteiger partial charge in [-0.3, -0.25) is 19.2 Å². The van der Waals surface area contributed by atoms with Gasteiger partial charge in [-0.2, -0.15) is 0 Å². The van der Waals surface area contributed by atoms with Gasteiger partial charge in [0.05, 0.1) is 11.2 Å². The van der Waals surface area contributed by atoms with Crippen LogP contribution >= 0.6 is 11.6 Å². The standard InChI is InChI=1S/C21H17ClN2O5/c1-12(25)24(15-7-5-4-6-8-15)21(28)18-19(29-13(2)26)16-11-14(22)9-10-17(16)23(3)20(18)27/h4-11H,1-3H3. The summed E-state index contributed by atoms with van der Waals surface area (Å²) >= 11 is 6.08. The maximum atomic E-state index is 13.4. The zero-order valence-electron chi connectivity index (χ0n) is 15.9. The molecule has 0 bridgehead atoms. The Kier molecular flexibility index (Phi) is 5.52. The zero-order chi connectivity index (χ0) is 21.3. The van der Waals surface area contributed by atoms with E-state index in [9.17, 15) is 19.2 Å². The highest BCUT2D eigenvalue weighted by Gasteiger charge is 2.30. The van der Waals surface area contributed by atoms with Crippen LogP contribution in [0.3, 0.4) is 0 Å². The molecule has 2 aromatic carbocycles. The average Bonchev–Trinajstić information content (AvgIpc) is 2.66. The average molecular weight is 413 g/mol. The van der Waals surface area contributed by atoms with Crippen LogP contribution in [0.2, 0.25) is 5.02 Å². The summed E-state index contributed by atoms with van der Waals surface area (Å²) < 4.78 is 6.51. The number of nitrogens with zero attached hydrogens (tertiary/aromatic N) is 2. The van der Waals surface area contributed by atoms with Crippen molar-refractivity contribution < 1.29 is 19.1 Å². The van der Waals surface area contributed by atoms with Crippen LogP contribution in [0.4, 0.5) is 5.69 Å². The Morgan fingerprint density at radius 3 is 2.28 bits per heavy atom. The molecule has 0 radical (unpaired) electrons. The molecule has 1 aromatic heterocycles. The van der Waals surface area contributed by atoms with Gasteiger partial charge in [-0.1, -0.05) is 29.8 Å². The molecule has 3 aromatic rings. The van der Waals surface area contributed by atoms with Crippen LogP contribution in [0, 0.1) is 0 Å². The summed E-state index contributed by atoms with van der Waals surface area (Å²) in [6.07, 6.45) is 0. The second kappa shape index (κ2) is 7.89. The highest BCUT2D eigenvalue weighted by atomic mass is 35.5. The number of rotatable bonds is 3. The number of ether oxygens (including phenoxy) is 1. The number of aryl methyl sites for hydroxylation is 1. The molecule has 0 aliphatic carbocycles. The second-order valence-corrected chi connectivity index (χ2v) is 6.75. The number of benzene rings is 2. The van der Waals surface area contributed by atoms with Crippen molar-refractivity contribution in [3.8, 4) is 5.75 Å². The largest absolute Gasteiger partial charge is 0.425 e. The number of fused-ring (bicyclic) bond motifs is 1. The lowest BCUT2D eigenvalue weighted by Crippen LogP contribution is -2.40. The highest BCUT2D eigenvalue weighted by Crippen LogP contribution is 2.31. The van der Waals surface area contributed by atoms with Crippen molar-refractivity contribution in [1.82, 2.24) is 4.57 Å². The molecule has 0 fully saturated rings. The number of hydrogen-bond donors (Lipinski definition) is 0. The first-order valence-electron chi connectivity index (χ1n) is 8.63. The quantitative estimate of drug-likeness (QED) is 0.616. The van der Waals surface area contributed by atoms with Crippen LogP contribution in [-0.4, -0.2) is 22.4 Å². The molecule has 0 aliphatic rings. The van der Waals surface area contributed by atoms with Crippen molar-refractivity contribution in [1.29, 1.82) is 0 Å². The van der Waals surface area contributed by atoms with Gasteiger partial charge in [-0.05, 0) is 30.3 Å². The van der Waals surface area contributed by atoms with Gasteiger partial charge >= 0.3 is 5.97 Å². The third kappa shape index (κ3) is 3.77. The maximum Gasteiger partial charge on any atom is 0.308 e. The van der Waals surface area contributed by atoms with Gasteiger partial charge in [0.1, 0.15) is 5.56 Å². The number of amides is 2. The molecule has 0 spiro atoms. The van der Waals surface area contributed by atoms with Crippen LogP contribution in [0.15, 0.2) is 53.3 Å². The van der Waals surface area contributed by atoms with E-state index in [2.05, 4.69) is 0 Å². The first-order chi connectivity index (χ1) is 13.7. The molecule has 0 saturated heterocycles. The maximum absolute atomic E-state index is 13.4. The van der Waals surface area contributed by atoms with E-state index in [-0.39, 0.29) is 11.4 Å². The lowest BCUT2D eigenvalue weighted by Gasteiger charge is -2.21. The van der Waals surface area contributed by atoms with Crippen LogP contribution in [0.5, 0.6) is 5.75 Å². The van der Waals surface area contributed by atoms with Gasteiger partial charge < -0.3 is 9.30 Å². The SMILES string of the molecule is CC(=O)Oc1c(C(=O)N(C(C)=O)c2ccccc2)c(=O)n(C)c2ccc(Cl)cc12. The van der Waals surface area contributed by atoms with Crippen LogP contribution < -0.4 is 15.2 Å². The number of carbonyl (C=O) groups excluding carboxylic acids is 3. The van der Waals surface area contributed by atoms with Gasteiger partial charge in [-0.15, -0.1) is 0 Å². The summed E-state index contributed by atoms with van der Waals surface area (Å²) in [6, 6.07) is 12.8. The van der Waals surface area contributed by atoms with E-state index in [1.165, 1.54) is 24.6 Å². The van der Waals surface area contributed by atoms with Crippen molar-refractivity contribution in [2.24, 2.45) is 7.05 Å². The third-order valence-electron chi connectivity index (χ3n) is 4.30. The molecule has 1 heterocycles. The molecule has 3 rings (SSSR count). The van der Waals surface area contributed by atoms with Crippen LogP contribution in [0.1, 0.15) is 24.2 Å². The minimum Gasteiger partial charge on any atom is -0.425 e. The predicted octanol–water partition coefficient (Wildman–Crippen LogP) is 3.31. The van der Waals surface area contributed by atoms with Gasteiger partial charge in [0, 0.05) is 31.3 Å². The number of anilines is 1. The number of halogens is 1. The first kappa shape index (κ1) is 20.3. The molecule has 148 valence electrons. The Morgan fingerprint density at radius 2 is 1.69 bits per heavy atom. The summed E-state index contributed by atoms with van der Waals surface area (Å²) in [7, 11) is 1.48. The second-order valence-electron chi connectivity index (χ2n) is 6.32. The topological polar surface area (TPSA) is 85.7 Å². The molecule has 0 N–H and O–H groups in total. The molecular weight excluding hydrogens is 396 g/mol. The molecule has 2 amide bonds. The number of imide groups is 1. The molecule has 0 unspecified atom stereocenters. The molecule has 8 heteroatoms. The van der Waals surface area contributed by atoms with Crippen molar-refractivity contribution in [3.63, 3.8) is 0 Å². The number of para-hydroxylation sites is 1. The summed E-state index contributed by atoms with van der Waals surface area (Å²) in [5.41, 5.74) is -0.437. The minimum absolute atomic E-state index is 0.231. The van der Waals surface area contributed by atoms with E-state index in [4.69, 9.17) is 16.3 Å². The first-order valence-corrected chi connectivity index (χ1v) is 9.01. The fourth-order valence-corrected chi connectivity index (χ4v) is 3.23. The fourth-order valence-electron chi connectivity index (χ4n) is 3.06. The van der Waals surface area contributed by atoms with Gasteiger partial charge in [-0.25, -0.2) is 4.90 Å². The Morgan fingerprint density at radius 1 is 1.03 bits per heavy atom. The molecule has 0 saturated carbocycles. The number of pyridine rings is 1. The van der Waals surface area contributed by atoms with Crippen molar-refractivity contribution in [3.05, 3.63) is 69.5 Å². The molecule has 29 heavy (non-hydrogen) atoms. The third-order valence-corrected chi connectivity index (χ3v) is 4.54. The highest BCUT2D eigenvalue weighted by molar-refractivity contribution is 6.31. The number of aromatic nitrogens is 1. The van der Waals surface area contributed by atoms with Gasteiger partial charge in [0.2, 0.25) is 5.91 Å². The zero-order valence-corrected chi connectivity index (χ0v) is 16.7. The van der Waals surface area contributed by atoms with Gasteiger partial charge in [0.25, 0.3) is 11.5 Å². The summed E-state index contributed by atoms with van der Waals surface area (Å²) in [5.74, 6) is -2.45. The van der Waals surface area contributed by atoms with E-state index >= 15 is 0 Å². The lowest BCUT2D eigenvalue weighted by atomic mass is 10.1. The number of esters is 1. The smallest absolute Gasteiger partial charge is 0.308 e. The van der Waals surface area contributed by atoms with E-state index in [1.807, 2.05) is 0 Å². The van der Waals surface area contributed by atoms with Crippen molar-refractivity contribution in [2.75, 3.05) is 4.90 Å². The van der Waals surface area contributed by atoms with E-state index in [0.717, 1.165) is 11.8 Å². The Hall–Kier alpha value is -3.45. The fraction of sp³-hybridized carbons (Fsp3) is 0.143. The number of carbonyl (C=O) groups is 3. The molecule has 7 nitrogen and oxygen atoms in total. The minimum atomic E-state index is -0.901. The normalized spacial score (nSPS) is 10.6. The molecule has 0 atom stereocenters. The monoisotopic (exact) mass is 412 g/mol. The summed E-state index contributed by atoms with van der Waals surface area (Å²) in [5, 5.41) is 0.629. The predicted molar refractivity (Wildman–Crippen MR) is 109 cm³/mol. The Balaban J connectivity index is 2.36. The molecule has 0 aliphatic heterocycles. The molecular formula is C21H17ClN2O5.